The van der Waals surface area contributed by atoms with E-state index in [0.717, 1.165) is 16.6 Å². The molecule has 0 saturated heterocycles. The molecule has 66 valence electrons. The molecule has 0 aliphatic heterocycles. The van der Waals surface area contributed by atoms with Gasteiger partial charge in [0.15, 0.2) is 0 Å². The molecule has 1 aromatic carbocycles. The molecule has 2 aromatic rings. The molecular weight excluding hydrogens is 162 g/mol. The number of H-pyrrole nitrogens is 1. The first-order valence-electron chi connectivity index (χ1n) is 4.14. The lowest BCUT2D eigenvalue weighted by Crippen LogP contribution is -2.07. The van der Waals surface area contributed by atoms with Crippen LogP contribution in [-0.2, 0) is 0 Å². The van der Waals surface area contributed by atoms with Crippen molar-refractivity contribution in [2.75, 3.05) is 0 Å². The van der Waals surface area contributed by atoms with Crippen molar-refractivity contribution < 1.29 is 0 Å². The van der Waals surface area contributed by atoms with Crippen LogP contribution in [0.3, 0.4) is 0 Å². The average molecular weight is 173 g/mol. The van der Waals surface area contributed by atoms with E-state index in [1.54, 1.807) is 6.08 Å². The Morgan fingerprint density at radius 1 is 1.46 bits per heavy atom. The van der Waals surface area contributed by atoms with Crippen LogP contribution in [-0.4, -0.2) is 10.2 Å². The lowest BCUT2D eigenvalue weighted by atomic mass is 10.1. The van der Waals surface area contributed by atoms with Crippen molar-refractivity contribution in [3.8, 4) is 0 Å². The van der Waals surface area contributed by atoms with Gasteiger partial charge in [-0.25, -0.2) is 0 Å². The van der Waals surface area contributed by atoms with Gasteiger partial charge in [-0.05, 0) is 6.07 Å². The van der Waals surface area contributed by atoms with Crippen molar-refractivity contribution in [1.29, 1.82) is 0 Å². The molecule has 1 unspecified atom stereocenters. The maximum absolute atomic E-state index is 5.80. The average Bonchev–Trinajstić information content (AvgIpc) is 2.60. The molecular formula is C10H11N3. The maximum Gasteiger partial charge on any atom is 0.0907 e. The van der Waals surface area contributed by atoms with Crippen molar-refractivity contribution >= 4 is 10.9 Å². The quantitative estimate of drug-likeness (QED) is 0.680. The van der Waals surface area contributed by atoms with Gasteiger partial charge in [-0.15, -0.1) is 6.58 Å². The van der Waals surface area contributed by atoms with Crippen molar-refractivity contribution in [2.24, 2.45) is 5.73 Å². The molecule has 0 amide bonds. The minimum absolute atomic E-state index is 0.198. The van der Waals surface area contributed by atoms with Crippen LogP contribution >= 0.6 is 0 Å². The Kier molecular flexibility index (Phi) is 1.87. The summed E-state index contributed by atoms with van der Waals surface area (Å²) < 4.78 is 0. The summed E-state index contributed by atoms with van der Waals surface area (Å²) in [6, 6.07) is 7.70. The maximum atomic E-state index is 5.80. The van der Waals surface area contributed by atoms with Crippen LogP contribution in [0, 0.1) is 0 Å². The van der Waals surface area contributed by atoms with Crippen LogP contribution in [0.15, 0.2) is 36.9 Å². The molecule has 1 aromatic heterocycles. The third kappa shape index (κ3) is 1.23. The molecule has 0 spiro atoms. The van der Waals surface area contributed by atoms with E-state index in [-0.39, 0.29) is 6.04 Å². The van der Waals surface area contributed by atoms with Gasteiger partial charge in [0.2, 0.25) is 0 Å². The Hall–Kier alpha value is -1.61. The summed E-state index contributed by atoms with van der Waals surface area (Å²) in [7, 11) is 0. The number of hydrogen-bond acceptors (Lipinski definition) is 2. The largest absolute Gasteiger partial charge is 0.319 e. The number of hydrogen-bond donors (Lipinski definition) is 2. The molecule has 0 radical (unpaired) electrons. The molecule has 0 bridgehead atoms. The van der Waals surface area contributed by atoms with Gasteiger partial charge in [0.05, 0.1) is 17.3 Å². The van der Waals surface area contributed by atoms with Gasteiger partial charge in [-0.2, -0.15) is 5.10 Å². The number of para-hydroxylation sites is 1. The topological polar surface area (TPSA) is 54.7 Å². The predicted octanol–water partition coefficient (Wildman–Crippen LogP) is 1.75. The summed E-state index contributed by atoms with van der Waals surface area (Å²) in [5.74, 6) is 0. The summed E-state index contributed by atoms with van der Waals surface area (Å²) in [5.41, 5.74) is 7.67. The highest BCUT2D eigenvalue weighted by Gasteiger charge is 2.09. The number of aromatic nitrogens is 2. The molecule has 13 heavy (non-hydrogen) atoms. The number of fused-ring (bicyclic) bond motifs is 1. The van der Waals surface area contributed by atoms with E-state index < -0.39 is 0 Å². The molecule has 3 N–H and O–H groups in total. The monoisotopic (exact) mass is 173 g/mol. The van der Waals surface area contributed by atoms with Gasteiger partial charge in [0.25, 0.3) is 0 Å². The summed E-state index contributed by atoms with van der Waals surface area (Å²) >= 11 is 0. The van der Waals surface area contributed by atoms with Gasteiger partial charge in [0.1, 0.15) is 0 Å². The number of nitrogens with zero attached hydrogens (tertiary/aromatic N) is 1. The number of nitrogens with one attached hydrogen (secondary N) is 1. The standard InChI is InChI=1S/C10H11N3/c1-2-8(11)10-7-5-3-4-6-9(7)12-13-10/h2-6,8H,1,11H2,(H,12,13). The fraction of sp³-hybridized carbons (Fsp3) is 0.100. The third-order valence-corrected chi connectivity index (χ3v) is 2.07. The first kappa shape index (κ1) is 8.01. The van der Waals surface area contributed by atoms with Crippen LogP contribution in [0.2, 0.25) is 0 Å². The van der Waals surface area contributed by atoms with E-state index in [0.29, 0.717) is 0 Å². The molecule has 1 atom stereocenters. The van der Waals surface area contributed by atoms with E-state index in [2.05, 4.69) is 16.8 Å². The molecule has 0 saturated carbocycles. The SMILES string of the molecule is C=CC(N)c1n[nH]c2ccccc12. The Morgan fingerprint density at radius 3 is 3.00 bits per heavy atom. The second-order valence-corrected chi connectivity index (χ2v) is 2.92. The second kappa shape index (κ2) is 3.03. The Balaban J connectivity index is 2.64. The van der Waals surface area contributed by atoms with Crippen LogP contribution in [0.25, 0.3) is 10.9 Å². The van der Waals surface area contributed by atoms with E-state index in [4.69, 9.17) is 5.73 Å². The van der Waals surface area contributed by atoms with Crippen LogP contribution in [0.1, 0.15) is 11.7 Å². The molecule has 0 aliphatic rings. The van der Waals surface area contributed by atoms with Crippen LogP contribution < -0.4 is 5.73 Å². The van der Waals surface area contributed by atoms with Gasteiger partial charge < -0.3 is 5.73 Å². The van der Waals surface area contributed by atoms with Crippen molar-refractivity contribution in [3.05, 3.63) is 42.6 Å². The summed E-state index contributed by atoms with van der Waals surface area (Å²) in [6.45, 7) is 3.64. The number of aromatic amines is 1. The Labute approximate surface area is 76.3 Å². The minimum Gasteiger partial charge on any atom is -0.319 e. The molecule has 3 nitrogen and oxygen atoms in total. The van der Waals surface area contributed by atoms with Gasteiger partial charge in [-0.1, -0.05) is 24.3 Å². The number of nitrogens with two attached hydrogens (primary N) is 1. The van der Waals surface area contributed by atoms with E-state index >= 15 is 0 Å². The zero-order valence-corrected chi connectivity index (χ0v) is 7.20. The molecule has 0 aliphatic carbocycles. The van der Waals surface area contributed by atoms with Crippen molar-refractivity contribution in [1.82, 2.24) is 10.2 Å². The van der Waals surface area contributed by atoms with Crippen molar-refractivity contribution in [3.63, 3.8) is 0 Å². The van der Waals surface area contributed by atoms with Gasteiger partial charge in [-0.3, -0.25) is 5.10 Å². The van der Waals surface area contributed by atoms with Crippen LogP contribution in [0.5, 0.6) is 0 Å². The molecule has 2 rings (SSSR count). The zero-order chi connectivity index (χ0) is 9.26. The fourth-order valence-corrected chi connectivity index (χ4v) is 1.35. The highest BCUT2D eigenvalue weighted by Crippen LogP contribution is 2.19. The Bertz CT molecular complexity index is 430. The Morgan fingerprint density at radius 2 is 2.23 bits per heavy atom. The van der Waals surface area contributed by atoms with Gasteiger partial charge >= 0.3 is 0 Å². The molecule has 0 fully saturated rings. The summed E-state index contributed by atoms with van der Waals surface area (Å²) in [5, 5.41) is 8.14. The molecule has 3 heteroatoms. The minimum atomic E-state index is -0.198. The number of rotatable bonds is 2. The normalized spacial score (nSPS) is 13.0. The third-order valence-electron chi connectivity index (χ3n) is 2.07. The molecule has 1 heterocycles. The van der Waals surface area contributed by atoms with E-state index in [9.17, 15) is 0 Å². The van der Waals surface area contributed by atoms with Crippen molar-refractivity contribution in [2.45, 2.75) is 6.04 Å². The lowest BCUT2D eigenvalue weighted by Gasteiger charge is -2.00. The first-order valence-corrected chi connectivity index (χ1v) is 4.14. The van der Waals surface area contributed by atoms with E-state index in [1.807, 2.05) is 24.3 Å². The highest BCUT2D eigenvalue weighted by atomic mass is 15.1. The summed E-state index contributed by atoms with van der Waals surface area (Å²) in [6.07, 6.45) is 1.68. The predicted molar refractivity (Wildman–Crippen MR) is 53.2 cm³/mol. The first-order chi connectivity index (χ1) is 6.33. The fourth-order valence-electron chi connectivity index (χ4n) is 1.35. The smallest absolute Gasteiger partial charge is 0.0907 e. The lowest BCUT2D eigenvalue weighted by molar-refractivity contribution is 0.855. The zero-order valence-electron chi connectivity index (χ0n) is 7.20. The second-order valence-electron chi connectivity index (χ2n) is 2.92. The van der Waals surface area contributed by atoms with Crippen LogP contribution in [0.4, 0.5) is 0 Å². The highest BCUT2D eigenvalue weighted by molar-refractivity contribution is 5.81. The summed E-state index contributed by atoms with van der Waals surface area (Å²) in [4.78, 5) is 0. The van der Waals surface area contributed by atoms with Gasteiger partial charge in [0, 0.05) is 5.39 Å². The van der Waals surface area contributed by atoms with E-state index in [1.165, 1.54) is 0 Å². The number of benzene rings is 1.